The van der Waals surface area contributed by atoms with Crippen LogP contribution in [0.1, 0.15) is 23.2 Å². The molecule has 0 bridgehead atoms. The minimum atomic E-state index is -0.490. The molecule has 1 aliphatic rings. The predicted octanol–water partition coefficient (Wildman–Crippen LogP) is 0.213. The van der Waals surface area contributed by atoms with Crippen molar-refractivity contribution >= 4 is 17.5 Å². The molecule has 1 atom stereocenters. The van der Waals surface area contributed by atoms with Crippen LogP contribution in [-0.4, -0.2) is 41.3 Å². The van der Waals surface area contributed by atoms with Crippen LogP contribution < -0.4 is 11.1 Å². The maximum atomic E-state index is 12.3. The van der Waals surface area contributed by atoms with E-state index in [0.717, 1.165) is 12.1 Å². The average Bonchev–Trinajstić information content (AvgIpc) is 2.87. The van der Waals surface area contributed by atoms with Gasteiger partial charge in [0.2, 0.25) is 5.91 Å². The number of rotatable bonds is 3. The lowest BCUT2D eigenvalue weighted by molar-refractivity contribution is -0.121. The van der Waals surface area contributed by atoms with E-state index in [1.54, 1.807) is 19.3 Å². The smallest absolute Gasteiger partial charge is 0.256 e. The number of likely N-dealkylation sites (tertiary alicyclic amines) is 1. The Morgan fingerprint density at radius 1 is 1.50 bits per heavy atom. The van der Waals surface area contributed by atoms with E-state index in [1.807, 2.05) is 0 Å². The van der Waals surface area contributed by atoms with Gasteiger partial charge in [-0.2, -0.15) is 0 Å². The van der Waals surface area contributed by atoms with E-state index in [2.05, 4.69) is 10.3 Å². The molecule has 2 amide bonds. The number of aromatic nitrogens is 1. The zero-order valence-electron chi connectivity index (χ0n) is 10.2. The van der Waals surface area contributed by atoms with Crippen molar-refractivity contribution in [1.82, 2.24) is 9.88 Å². The molecule has 3 N–H and O–H groups in total. The van der Waals surface area contributed by atoms with E-state index >= 15 is 0 Å². The number of carbonyl (C=O) groups excluding carboxylic acids is 2. The first kappa shape index (κ1) is 12.3. The second-order valence-corrected chi connectivity index (χ2v) is 4.27. The number of primary amides is 1. The number of pyridine rings is 1. The number of carbonyl (C=O) groups is 2. The van der Waals surface area contributed by atoms with Crippen LogP contribution >= 0.6 is 0 Å². The van der Waals surface area contributed by atoms with Gasteiger partial charge in [0, 0.05) is 26.0 Å². The third kappa shape index (κ3) is 2.27. The van der Waals surface area contributed by atoms with Crippen molar-refractivity contribution in [2.24, 2.45) is 5.73 Å². The molecule has 1 fully saturated rings. The highest BCUT2D eigenvalue weighted by Crippen LogP contribution is 2.20. The molecule has 1 aromatic rings. The molecule has 96 valence electrons. The van der Waals surface area contributed by atoms with Crippen LogP contribution in [0.3, 0.4) is 0 Å². The monoisotopic (exact) mass is 248 g/mol. The standard InChI is InChI=1S/C12H16N4O2/c1-14-9-5-8(6-15-7-9)12(18)16-4-2-3-10(16)11(13)17/h5-7,10,14H,2-4H2,1H3,(H2,13,17). The second-order valence-electron chi connectivity index (χ2n) is 4.27. The Labute approximate surface area is 105 Å². The Bertz CT molecular complexity index is 475. The molecule has 1 unspecified atom stereocenters. The molecular weight excluding hydrogens is 232 g/mol. The number of nitrogens with one attached hydrogen (secondary N) is 1. The molecule has 1 aliphatic heterocycles. The molecular formula is C12H16N4O2. The van der Waals surface area contributed by atoms with Crippen LogP contribution in [0.5, 0.6) is 0 Å². The van der Waals surface area contributed by atoms with Gasteiger partial charge in [-0.1, -0.05) is 0 Å². The first-order chi connectivity index (χ1) is 8.63. The summed E-state index contributed by atoms with van der Waals surface area (Å²) < 4.78 is 0. The lowest BCUT2D eigenvalue weighted by Crippen LogP contribution is -2.43. The van der Waals surface area contributed by atoms with E-state index in [1.165, 1.54) is 11.1 Å². The molecule has 1 aromatic heterocycles. The van der Waals surface area contributed by atoms with Gasteiger partial charge in [0.25, 0.3) is 5.91 Å². The molecule has 18 heavy (non-hydrogen) atoms. The maximum Gasteiger partial charge on any atom is 0.256 e. The van der Waals surface area contributed by atoms with Crippen molar-refractivity contribution < 1.29 is 9.59 Å². The first-order valence-electron chi connectivity index (χ1n) is 5.86. The summed E-state index contributed by atoms with van der Waals surface area (Å²) in [6, 6.07) is 1.22. The fourth-order valence-corrected chi connectivity index (χ4v) is 2.17. The molecule has 2 heterocycles. The van der Waals surface area contributed by atoms with E-state index in [9.17, 15) is 9.59 Å². The fourth-order valence-electron chi connectivity index (χ4n) is 2.17. The summed E-state index contributed by atoms with van der Waals surface area (Å²) in [5.41, 5.74) is 6.53. The van der Waals surface area contributed by atoms with Crippen molar-refractivity contribution in [3.63, 3.8) is 0 Å². The summed E-state index contributed by atoms with van der Waals surface area (Å²) in [7, 11) is 1.76. The van der Waals surface area contributed by atoms with Crippen LogP contribution in [0.25, 0.3) is 0 Å². The molecule has 6 nitrogen and oxygen atoms in total. The predicted molar refractivity (Wildman–Crippen MR) is 67.0 cm³/mol. The number of hydrogen-bond acceptors (Lipinski definition) is 4. The second kappa shape index (κ2) is 5.03. The third-order valence-corrected chi connectivity index (χ3v) is 3.12. The third-order valence-electron chi connectivity index (χ3n) is 3.12. The minimum Gasteiger partial charge on any atom is -0.387 e. The largest absolute Gasteiger partial charge is 0.387 e. The lowest BCUT2D eigenvalue weighted by atomic mass is 10.2. The van der Waals surface area contributed by atoms with E-state index in [-0.39, 0.29) is 5.91 Å². The van der Waals surface area contributed by atoms with Gasteiger partial charge in [-0.25, -0.2) is 0 Å². The van der Waals surface area contributed by atoms with Gasteiger partial charge in [0.05, 0.1) is 11.3 Å². The molecule has 0 saturated carbocycles. The van der Waals surface area contributed by atoms with Crippen LogP contribution in [0.2, 0.25) is 0 Å². The number of hydrogen-bond donors (Lipinski definition) is 2. The summed E-state index contributed by atoms with van der Waals surface area (Å²) in [4.78, 5) is 29.1. The quantitative estimate of drug-likeness (QED) is 0.800. The van der Waals surface area contributed by atoms with Crippen molar-refractivity contribution in [2.45, 2.75) is 18.9 Å². The van der Waals surface area contributed by atoms with Gasteiger partial charge in [0.15, 0.2) is 0 Å². The molecule has 0 aromatic carbocycles. The van der Waals surface area contributed by atoms with Crippen LogP contribution in [0.4, 0.5) is 5.69 Å². The van der Waals surface area contributed by atoms with E-state index in [0.29, 0.717) is 18.5 Å². The number of amides is 2. The molecule has 0 aliphatic carbocycles. The highest BCUT2D eigenvalue weighted by molar-refractivity contribution is 5.98. The van der Waals surface area contributed by atoms with Crippen molar-refractivity contribution in [2.75, 3.05) is 18.9 Å². The molecule has 0 radical (unpaired) electrons. The normalized spacial score (nSPS) is 18.7. The van der Waals surface area contributed by atoms with Crippen LogP contribution in [0.15, 0.2) is 18.5 Å². The summed E-state index contributed by atoms with van der Waals surface area (Å²) in [6.07, 6.45) is 4.57. The van der Waals surface area contributed by atoms with Crippen LogP contribution in [0, 0.1) is 0 Å². The summed E-state index contributed by atoms with van der Waals surface area (Å²) in [6.45, 7) is 0.566. The van der Waals surface area contributed by atoms with E-state index in [4.69, 9.17) is 5.73 Å². The minimum absolute atomic E-state index is 0.194. The lowest BCUT2D eigenvalue weighted by Gasteiger charge is -2.22. The van der Waals surface area contributed by atoms with Gasteiger partial charge in [0.1, 0.15) is 6.04 Å². The zero-order chi connectivity index (χ0) is 13.1. The van der Waals surface area contributed by atoms with E-state index < -0.39 is 11.9 Å². The van der Waals surface area contributed by atoms with Gasteiger partial charge in [-0.05, 0) is 18.9 Å². The number of anilines is 1. The highest BCUT2D eigenvalue weighted by atomic mass is 16.2. The maximum absolute atomic E-state index is 12.3. The molecule has 2 rings (SSSR count). The topological polar surface area (TPSA) is 88.3 Å². The Morgan fingerprint density at radius 3 is 2.94 bits per heavy atom. The van der Waals surface area contributed by atoms with Crippen molar-refractivity contribution in [1.29, 1.82) is 0 Å². The van der Waals surface area contributed by atoms with Crippen LogP contribution in [-0.2, 0) is 4.79 Å². The Hall–Kier alpha value is -2.11. The van der Waals surface area contributed by atoms with Gasteiger partial charge in [-0.3, -0.25) is 14.6 Å². The average molecular weight is 248 g/mol. The number of nitrogens with two attached hydrogens (primary N) is 1. The summed E-state index contributed by atoms with van der Waals surface area (Å²) in [5, 5.41) is 2.92. The summed E-state index contributed by atoms with van der Waals surface area (Å²) >= 11 is 0. The summed E-state index contributed by atoms with van der Waals surface area (Å²) in [5.74, 6) is -0.639. The highest BCUT2D eigenvalue weighted by Gasteiger charge is 2.33. The van der Waals surface area contributed by atoms with Gasteiger partial charge < -0.3 is 16.0 Å². The SMILES string of the molecule is CNc1cncc(C(=O)N2CCCC2C(N)=O)c1. The number of nitrogens with zero attached hydrogens (tertiary/aromatic N) is 2. The molecule has 0 spiro atoms. The van der Waals surface area contributed by atoms with Crippen molar-refractivity contribution in [3.05, 3.63) is 24.0 Å². The van der Waals surface area contributed by atoms with Crippen molar-refractivity contribution in [3.8, 4) is 0 Å². The Kier molecular flexibility index (Phi) is 3.45. The van der Waals surface area contributed by atoms with Gasteiger partial charge >= 0.3 is 0 Å². The first-order valence-corrected chi connectivity index (χ1v) is 5.86. The Morgan fingerprint density at radius 2 is 2.28 bits per heavy atom. The fraction of sp³-hybridized carbons (Fsp3) is 0.417. The molecule has 6 heteroatoms. The zero-order valence-corrected chi connectivity index (χ0v) is 10.2. The van der Waals surface area contributed by atoms with Gasteiger partial charge in [-0.15, -0.1) is 0 Å². The molecule has 1 saturated heterocycles. The Balaban J connectivity index is 2.22.